The summed E-state index contributed by atoms with van der Waals surface area (Å²) < 4.78 is 22.3. The number of benzene rings is 1. The van der Waals surface area contributed by atoms with Crippen molar-refractivity contribution in [2.24, 2.45) is 5.14 Å². The molecule has 0 atom stereocenters. The van der Waals surface area contributed by atoms with Gasteiger partial charge in [-0.2, -0.15) is 0 Å². The molecule has 0 heterocycles. The van der Waals surface area contributed by atoms with Gasteiger partial charge in [-0.1, -0.05) is 6.92 Å². The Morgan fingerprint density at radius 2 is 1.70 bits per heavy atom. The van der Waals surface area contributed by atoms with Gasteiger partial charge in [0.1, 0.15) is 0 Å². The van der Waals surface area contributed by atoms with Gasteiger partial charge >= 0.3 is 0 Å². The van der Waals surface area contributed by atoms with Crippen molar-refractivity contribution >= 4 is 27.5 Å². The largest absolute Gasteiger partial charge is 0.355 e. The lowest BCUT2D eigenvalue weighted by Gasteiger charge is -2.16. The predicted molar refractivity (Wildman–Crippen MR) is 87.2 cm³/mol. The third kappa shape index (κ3) is 7.22. The van der Waals surface area contributed by atoms with Crippen molar-refractivity contribution in [3.8, 4) is 0 Å². The standard InChI is InChI=1S/C14H22N4O4S/c1-3-8-16-13(19)9-18(2)10-14(20)17-11-4-6-12(7-5-11)23(15,21)22/h4-7H,3,8-10H2,1-2H3,(H,16,19)(H,17,20)(H2,15,21,22). The van der Waals surface area contributed by atoms with Crippen LogP contribution < -0.4 is 15.8 Å². The molecule has 0 aliphatic carbocycles. The number of rotatable bonds is 8. The third-order valence-electron chi connectivity index (χ3n) is 2.87. The number of hydrogen-bond acceptors (Lipinski definition) is 5. The minimum atomic E-state index is -3.75. The van der Waals surface area contributed by atoms with Crippen molar-refractivity contribution in [3.05, 3.63) is 24.3 Å². The number of likely N-dealkylation sites (N-methyl/N-ethyl adjacent to an activating group) is 1. The summed E-state index contributed by atoms with van der Waals surface area (Å²) in [7, 11) is -2.09. The van der Waals surface area contributed by atoms with Crippen LogP contribution in [0.1, 0.15) is 13.3 Å². The van der Waals surface area contributed by atoms with E-state index in [4.69, 9.17) is 5.14 Å². The van der Waals surface area contributed by atoms with Crippen molar-refractivity contribution in [3.63, 3.8) is 0 Å². The van der Waals surface area contributed by atoms with Crippen LogP contribution in [-0.2, 0) is 19.6 Å². The van der Waals surface area contributed by atoms with E-state index in [0.717, 1.165) is 6.42 Å². The van der Waals surface area contributed by atoms with Gasteiger partial charge < -0.3 is 10.6 Å². The van der Waals surface area contributed by atoms with Gasteiger partial charge in [0, 0.05) is 12.2 Å². The van der Waals surface area contributed by atoms with Crippen LogP contribution in [0.3, 0.4) is 0 Å². The van der Waals surface area contributed by atoms with Crippen LogP contribution in [0.25, 0.3) is 0 Å². The highest BCUT2D eigenvalue weighted by Crippen LogP contribution is 2.12. The quantitative estimate of drug-likeness (QED) is 0.600. The van der Waals surface area contributed by atoms with Gasteiger partial charge in [-0.05, 0) is 37.7 Å². The van der Waals surface area contributed by atoms with E-state index in [9.17, 15) is 18.0 Å². The van der Waals surface area contributed by atoms with Gasteiger partial charge in [0.05, 0.1) is 18.0 Å². The van der Waals surface area contributed by atoms with Gasteiger partial charge in [0.2, 0.25) is 21.8 Å². The third-order valence-corrected chi connectivity index (χ3v) is 3.80. The number of anilines is 1. The Bertz CT molecular complexity index is 643. The maximum atomic E-state index is 11.9. The summed E-state index contributed by atoms with van der Waals surface area (Å²) in [5.41, 5.74) is 0.450. The second kappa shape index (κ2) is 8.61. The van der Waals surface area contributed by atoms with E-state index in [0.29, 0.717) is 12.2 Å². The molecule has 2 amide bonds. The summed E-state index contributed by atoms with van der Waals surface area (Å²) in [4.78, 5) is 25.0. The molecule has 1 aromatic carbocycles. The molecule has 0 aromatic heterocycles. The minimum absolute atomic E-state index is 0.0276. The van der Waals surface area contributed by atoms with Crippen molar-refractivity contribution in [2.75, 3.05) is 32.0 Å². The molecule has 128 valence electrons. The Labute approximate surface area is 136 Å². The van der Waals surface area contributed by atoms with Crippen molar-refractivity contribution < 1.29 is 18.0 Å². The fourth-order valence-electron chi connectivity index (χ4n) is 1.79. The summed E-state index contributed by atoms with van der Waals surface area (Å²) in [5, 5.41) is 10.3. The smallest absolute Gasteiger partial charge is 0.238 e. The maximum Gasteiger partial charge on any atom is 0.238 e. The average molecular weight is 342 g/mol. The summed E-state index contributed by atoms with van der Waals surface area (Å²) in [5.74, 6) is -0.446. The van der Waals surface area contributed by atoms with E-state index in [-0.39, 0.29) is 29.8 Å². The van der Waals surface area contributed by atoms with Crippen LogP contribution in [0, 0.1) is 0 Å². The normalized spacial score (nSPS) is 11.3. The Hall–Kier alpha value is -1.97. The van der Waals surface area contributed by atoms with Crippen LogP contribution in [0.4, 0.5) is 5.69 Å². The first-order chi connectivity index (χ1) is 10.7. The maximum absolute atomic E-state index is 11.9. The Balaban J connectivity index is 2.48. The summed E-state index contributed by atoms with van der Waals surface area (Å²) >= 11 is 0. The van der Waals surface area contributed by atoms with Crippen molar-refractivity contribution in [1.82, 2.24) is 10.2 Å². The second-order valence-corrected chi connectivity index (χ2v) is 6.70. The number of nitrogens with one attached hydrogen (secondary N) is 2. The highest BCUT2D eigenvalue weighted by Gasteiger charge is 2.11. The number of hydrogen-bond donors (Lipinski definition) is 3. The van der Waals surface area contributed by atoms with E-state index in [1.165, 1.54) is 24.3 Å². The average Bonchev–Trinajstić information content (AvgIpc) is 2.44. The number of sulfonamides is 1. The van der Waals surface area contributed by atoms with E-state index in [2.05, 4.69) is 10.6 Å². The van der Waals surface area contributed by atoms with Gasteiger partial charge in [-0.3, -0.25) is 14.5 Å². The molecule has 1 rings (SSSR count). The van der Waals surface area contributed by atoms with Crippen molar-refractivity contribution in [2.45, 2.75) is 18.2 Å². The zero-order valence-electron chi connectivity index (χ0n) is 13.2. The number of amides is 2. The molecule has 0 saturated carbocycles. The van der Waals surface area contributed by atoms with E-state index in [1.807, 2.05) is 6.92 Å². The highest BCUT2D eigenvalue weighted by atomic mass is 32.2. The highest BCUT2D eigenvalue weighted by molar-refractivity contribution is 7.89. The Morgan fingerprint density at radius 3 is 2.22 bits per heavy atom. The lowest BCUT2D eigenvalue weighted by Crippen LogP contribution is -2.39. The monoisotopic (exact) mass is 342 g/mol. The van der Waals surface area contributed by atoms with Gasteiger partial charge in [0.25, 0.3) is 0 Å². The molecule has 0 fully saturated rings. The van der Waals surface area contributed by atoms with Crippen LogP contribution in [0.15, 0.2) is 29.2 Å². The predicted octanol–water partition coefficient (Wildman–Crippen LogP) is -0.269. The number of primary sulfonamides is 1. The van der Waals surface area contributed by atoms with Crippen LogP contribution in [-0.4, -0.2) is 51.8 Å². The molecular formula is C14H22N4O4S. The van der Waals surface area contributed by atoms with Crippen molar-refractivity contribution in [1.29, 1.82) is 0 Å². The van der Waals surface area contributed by atoms with Gasteiger partial charge in [-0.25, -0.2) is 13.6 Å². The molecular weight excluding hydrogens is 320 g/mol. The molecule has 4 N–H and O–H groups in total. The van der Waals surface area contributed by atoms with Gasteiger partial charge in [0.15, 0.2) is 0 Å². The summed E-state index contributed by atoms with van der Waals surface area (Å²) in [6.45, 7) is 2.72. The van der Waals surface area contributed by atoms with E-state index in [1.54, 1.807) is 11.9 Å². The number of nitrogens with two attached hydrogens (primary N) is 1. The molecule has 0 spiro atoms. The lowest BCUT2D eigenvalue weighted by molar-refractivity contribution is -0.122. The van der Waals surface area contributed by atoms with Crippen LogP contribution in [0.2, 0.25) is 0 Å². The molecule has 0 unspecified atom stereocenters. The molecule has 9 heteroatoms. The first-order valence-electron chi connectivity index (χ1n) is 7.10. The minimum Gasteiger partial charge on any atom is -0.355 e. The zero-order chi connectivity index (χ0) is 17.5. The fraction of sp³-hybridized carbons (Fsp3) is 0.429. The number of carbonyl (C=O) groups excluding carboxylic acids is 2. The molecule has 0 aliphatic rings. The van der Waals surface area contributed by atoms with Gasteiger partial charge in [-0.15, -0.1) is 0 Å². The fourth-order valence-corrected chi connectivity index (χ4v) is 2.31. The molecule has 23 heavy (non-hydrogen) atoms. The van der Waals surface area contributed by atoms with E-state index < -0.39 is 10.0 Å². The SMILES string of the molecule is CCCNC(=O)CN(C)CC(=O)Nc1ccc(S(N)(=O)=O)cc1. The van der Waals surface area contributed by atoms with Crippen LogP contribution >= 0.6 is 0 Å². The number of carbonyl (C=O) groups is 2. The molecule has 0 bridgehead atoms. The summed E-state index contributed by atoms with van der Waals surface area (Å²) in [6.07, 6.45) is 0.852. The zero-order valence-corrected chi connectivity index (χ0v) is 14.0. The lowest BCUT2D eigenvalue weighted by atomic mass is 10.3. The molecule has 0 radical (unpaired) electrons. The Kier molecular flexibility index (Phi) is 7.14. The Morgan fingerprint density at radius 1 is 1.13 bits per heavy atom. The molecule has 0 saturated heterocycles. The first kappa shape index (κ1) is 19.1. The molecule has 1 aromatic rings. The molecule has 0 aliphatic heterocycles. The first-order valence-corrected chi connectivity index (χ1v) is 8.65. The van der Waals surface area contributed by atoms with Crippen LogP contribution in [0.5, 0.6) is 0 Å². The molecule has 8 nitrogen and oxygen atoms in total. The number of nitrogens with zero attached hydrogens (tertiary/aromatic N) is 1. The topological polar surface area (TPSA) is 122 Å². The summed E-state index contributed by atoms with van der Waals surface area (Å²) in [6, 6.07) is 5.52. The second-order valence-electron chi connectivity index (χ2n) is 5.14. The van der Waals surface area contributed by atoms with E-state index >= 15 is 0 Å².